The fraction of sp³-hybridized carbons (Fsp3) is 0.364. The van der Waals surface area contributed by atoms with Gasteiger partial charge in [-0.25, -0.2) is 0 Å². The Morgan fingerprint density at radius 2 is 2.08 bits per heavy atom. The van der Waals surface area contributed by atoms with E-state index >= 15 is 0 Å². The molecule has 68 valence electrons. The molecule has 1 aromatic rings. The first-order chi connectivity index (χ1) is 6.36. The van der Waals surface area contributed by atoms with E-state index in [0.717, 1.165) is 5.71 Å². The lowest BCUT2D eigenvalue weighted by Crippen LogP contribution is -2.18. The lowest BCUT2D eigenvalue weighted by atomic mass is 10.1. The zero-order valence-corrected chi connectivity index (χ0v) is 7.73. The Kier molecular flexibility index (Phi) is 2.41. The number of aliphatic imine (C=N–C) groups is 1. The quantitative estimate of drug-likeness (QED) is 0.641. The van der Waals surface area contributed by atoms with Gasteiger partial charge in [0, 0.05) is 5.71 Å². The monoisotopic (exact) mass is 175 g/mol. The van der Waals surface area contributed by atoms with Crippen molar-refractivity contribution in [2.45, 2.75) is 13.0 Å². The van der Waals surface area contributed by atoms with Gasteiger partial charge >= 0.3 is 0 Å². The van der Waals surface area contributed by atoms with Crippen LogP contribution in [0.4, 0.5) is 0 Å². The van der Waals surface area contributed by atoms with Crippen LogP contribution in [0.5, 0.6) is 0 Å². The van der Waals surface area contributed by atoms with Crippen molar-refractivity contribution in [3.8, 4) is 0 Å². The molecule has 0 unspecified atom stereocenters. The number of rotatable bonds is 1. The Bertz CT molecular complexity index is 305. The summed E-state index contributed by atoms with van der Waals surface area (Å²) in [4.78, 5) is 4.54. The van der Waals surface area contributed by atoms with Crippen molar-refractivity contribution < 1.29 is 4.74 Å². The van der Waals surface area contributed by atoms with Gasteiger partial charge in [-0.05, 0) is 12.5 Å². The third-order valence-electron chi connectivity index (χ3n) is 2.15. The van der Waals surface area contributed by atoms with E-state index in [1.54, 1.807) is 0 Å². The van der Waals surface area contributed by atoms with Crippen molar-refractivity contribution in [2.24, 2.45) is 4.99 Å². The van der Waals surface area contributed by atoms with Gasteiger partial charge in [0.1, 0.15) is 0 Å². The Labute approximate surface area is 78.3 Å². The van der Waals surface area contributed by atoms with Gasteiger partial charge in [-0.15, -0.1) is 0 Å². The summed E-state index contributed by atoms with van der Waals surface area (Å²) in [6.07, 6.45) is 0. The average molecular weight is 175 g/mol. The first-order valence-electron chi connectivity index (χ1n) is 4.52. The van der Waals surface area contributed by atoms with Crippen LogP contribution >= 0.6 is 0 Å². The second-order valence-electron chi connectivity index (χ2n) is 3.31. The van der Waals surface area contributed by atoms with E-state index in [1.165, 1.54) is 5.56 Å². The minimum absolute atomic E-state index is 0.204. The molecule has 1 aliphatic rings. The van der Waals surface area contributed by atoms with Crippen molar-refractivity contribution in [1.82, 2.24) is 0 Å². The molecule has 0 N–H and O–H groups in total. The summed E-state index contributed by atoms with van der Waals surface area (Å²) >= 11 is 0. The van der Waals surface area contributed by atoms with Crippen LogP contribution in [0.1, 0.15) is 18.5 Å². The van der Waals surface area contributed by atoms with Gasteiger partial charge in [0.25, 0.3) is 0 Å². The summed E-state index contributed by atoms with van der Waals surface area (Å²) in [6, 6.07) is 10.5. The van der Waals surface area contributed by atoms with Crippen molar-refractivity contribution >= 4 is 5.71 Å². The number of hydrogen-bond acceptors (Lipinski definition) is 2. The van der Waals surface area contributed by atoms with Crippen LogP contribution in [0.25, 0.3) is 0 Å². The molecule has 0 bridgehead atoms. The summed E-state index contributed by atoms with van der Waals surface area (Å²) in [7, 11) is 0. The maximum Gasteiger partial charge on any atom is 0.0982 e. The molecular formula is C11H13NO. The molecule has 0 saturated carbocycles. The van der Waals surface area contributed by atoms with E-state index in [2.05, 4.69) is 17.1 Å². The molecule has 0 fully saturated rings. The summed E-state index contributed by atoms with van der Waals surface area (Å²) in [5.74, 6) is 0. The molecule has 0 aromatic heterocycles. The summed E-state index contributed by atoms with van der Waals surface area (Å²) in [6.45, 7) is 3.40. The minimum atomic E-state index is 0.204. The number of benzene rings is 1. The zero-order chi connectivity index (χ0) is 9.10. The topological polar surface area (TPSA) is 21.6 Å². The molecule has 1 heterocycles. The molecule has 2 heteroatoms. The molecule has 0 saturated heterocycles. The highest BCUT2D eigenvalue weighted by Crippen LogP contribution is 2.20. The maximum atomic E-state index is 5.42. The standard InChI is InChI=1S/C11H13NO/c1-9-7-13-8-11(12-9)10-5-3-2-4-6-10/h2-6,11H,7-8H2,1H3/t11-/m0/s1. The first kappa shape index (κ1) is 8.45. The molecule has 2 nitrogen and oxygen atoms in total. The molecule has 1 aromatic carbocycles. The second-order valence-corrected chi connectivity index (χ2v) is 3.31. The van der Waals surface area contributed by atoms with E-state index in [4.69, 9.17) is 4.74 Å². The van der Waals surface area contributed by atoms with E-state index in [9.17, 15) is 0 Å². The van der Waals surface area contributed by atoms with Crippen molar-refractivity contribution in [3.05, 3.63) is 35.9 Å². The summed E-state index contributed by atoms with van der Waals surface area (Å²) < 4.78 is 5.42. The van der Waals surface area contributed by atoms with Crippen molar-refractivity contribution in [3.63, 3.8) is 0 Å². The minimum Gasteiger partial charge on any atom is -0.373 e. The zero-order valence-electron chi connectivity index (χ0n) is 7.73. The van der Waals surface area contributed by atoms with Crippen LogP contribution in [-0.4, -0.2) is 18.9 Å². The predicted molar refractivity (Wildman–Crippen MR) is 53.1 cm³/mol. The Hall–Kier alpha value is -1.15. The van der Waals surface area contributed by atoms with Gasteiger partial charge in [0.05, 0.1) is 19.3 Å². The van der Waals surface area contributed by atoms with Crippen LogP contribution in [-0.2, 0) is 4.74 Å². The normalized spacial score (nSPS) is 22.5. The molecule has 0 radical (unpaired) electrons. The van der Waals surface area contributed by atoms with Crippen molar-refractivity contribution in [2.75, 3.05) is 13.2 Å². The maximum absolute atomic E-state index is 5.42. The van der Waals surface area contributed by atoms with E-state index in [-0.39, 0.29) is 6.04 Å². The molecule has 0 spiro atoms. The van der Waals surface area contributed by atoms with E-state index < -0.39 is 0 Å². The fourth-order valence-corrected chi connectivity index (χ4v) is 1.50. The first-order valence-corrected chi connectivity index (χ1v) is 4.52. The third-order valence-corrected chi connectivity index (χ3v) is 2.15. The molecule has 1 atom stereocenters. The smallest absolute Gasteiger partial charge is 0.0982 e. The molecule has 0 aliphatic carbocycles. The largest absolute Gasteiger partial charge is 0.373 e. The third kappa shape index (κ3) is 1.95. The molecule has 0 amide bonds. The van der Waals surface area contributed by atoms with Crippen LogP contribution in [0.15, 0.2) is 35.3 Å². The lowest BCUT2D eigenvalue weighted by molar-refractivity contribution is 0.144. The highest BCUT2D eigenvalue weighted by Gasteiger charge is 2.14. The molecule has 1 aliphatic heterocycles. The second kappa shape index (κ2) is 3.71. The number of hydrogen-bond donors (Lipinski definition) is 0. The summed E-state index contributed by atoms with van der Waals surface area (Å²) in [5, 5.41) is 0. The lowest BCUT2D eigenvalue weighted by Gasteiger charge is -2.19. The number of ether oxygens (including phenoxy) is 1. The van der Waals surface area contributed by atoms with Gasteiger partial charge < -0.3 is 4.74 Å². The van der Waals surface area contributed by atoms with Gasteiger partial charge in [-0.3, -0.25) is 4.99 Å². The Balaban J connectivity index is 2.22. The predicted octanol–water partition coefficient (Wildman–Crippen LogP) is 2.22. The van der Waals surface area contributed by atoms with Crippen molar-refractivity contribution in [1.29, 1.82) is 0 Å². The van der Waals surface area contributed by atoms with Gasteiger partial charge in [0.2, 0.25) is 0 Å². The van der Waals surface area contributed by atoms with Crippen LogP contribution in [0, 0.1) is 0 Å². The Morgan fingerprint density at radius 3 is 2.77 bits per heavy atom. The molecular weight excluding hydrogens is 162 g/mol. The van der Waals surface area contributed by atoms with Gasteiger partial charge in [0.15, 0.2) is 0 Å². The number of nitrogens with zero attached hydrogens (tertiary/aromatic N) is 1. The van der Waals surface area contributed by atoms with Crippen LogP contribution in [0.2, 0.25) is 0 Å². The van der Waals surface area contributed by atoms with E-state index in [1.807, 2.05) is 25.1 Å². The SMILES string of the molecule is CC1=N[C@H](c2ccccc2)COC1. The highest BCUT2D eigenvalue weighted by molar-refractivity contribution is 5.83. The summed E-state index contributed by atoms with van der Waals surface area (Å²) in [5.41, 5.74) is 2.32. The van der Waals surface area contributed by atoms with Gasteiger partial charge in [-0.1, -0.05) is 30.3 Å². The molecule has 2 rings (SSSR count). The highest BCUT2D eigenvalue weighted by atomic mass is 16.5. The average Bonchev–Trinajstić information content (AvgIpc) is 2.19. The fourth-order valence-electron chi connectivity index (χ4n) is 1.50. The van der Waals surface area contributed by atoms with Gasteiger partial charge in [-0.2, -0.15) is 0 Å². The Morgan fingerprint density at radius 1 is 1.31 bits per heavy atom. The molecule has 13 heavy (non-hydrogen) atoms. The van der Waals surface area contributed by atoms with Crippen LogP contribution < -0.4 is 0 Å². The van der Waals surface area contributed by atoms with E-state index in [0.29, 0.717) is 13.2 Å². The van der Waals surface area contributed by atoms with Crippen LogP contribution in [0.3, 0.4) is 0 Å².